The largest absolute Gasteiger partial charge is 0.460 e. The Morgan fingerprint density at radius 3 is 2.12 bits per heavy atom. The Labute approximate surface area is 251 Å². The van der Waals surface area contributed by atoms with E-state index in [1.165, 1.54) is 6.08 Å². The van der Waals surface area contributed by atoms with E-state index in [2.05, 4.69) is 22.5 Å². The number of carbonyl (C=O) groups is 5. The molecule has 11 heteroatoms. The Morgan fingerprint density at radius 1 is 0.884 bits per heavy atom. The van der Waals surface area contributed by atoms with Gasteiger partial charge in [0.25, 0.3) is 0 Å². The molecule has 0 aliphatic heterocycles. The van der Waals surface area contributed by atoms with Crippen LogP contribution in [0.25, 0.3) is 0 Å². The number of ether oxygens (including phenoxy) is 3. The second-order valence-electron chi connectivity index (χ2n) is 11.2. The minimum atomic E-state index is -1.41. The van der Waals surface area contributed by atoms with E-state index < -0.39 is 60.5 Å². The van der Waals surface area contributed by atoms with Crippen molar-refractivity contribution in [3.8, 4) is 0 Å². The van der Waals surface area contributed by atoms with Gasteiger partial charge in [-0.25, -0.2) is 4.79 Å². The van der Waals surface area contributed by atoms with Crippen molar-refractivity contribution < 1.29 is 38.2 Å². The van der Waals surface area contributed by atoms with Crippen LogP contribution < -0.4 is 16.0 Å². The SMILES string of the molecule is C=CCOC(=O)CNC(=O)C(NC(=O)[C@H](CC(=O)OC(C)(C)C)NC(=O)OCc1ccccc1)C1Cc2ccccc2C1. The number of nitrogens with one attached hydrogen (secondary N) is 3. The van der Waals surface area contributed by atoms with Gasteiger partial charge in [-0.2, -0.15) is 0 Å². The number of alkyl carbamates (subject to hydrolysis) is 1. The zero-order chi connectivity index (χ0) is 31.4. The van der Waals surface area contributed by atoms with Gasteiger partial charge in [0.05, 0.1) is 6.42 Å². The molecule has 11 nitrogen and oxygen atoms in total. The molecule has 1 aliphatic rings. The molecule has 230 valence electrons. The third-order valence-electron chi connectivity index (χ3n) is 6.52. The maximum Gasteiger partial charge on any atom is 0.408 e. The average Bonchev–Trinajstić information content (AvgIpc) is 3.39. The highest BCUT2D eigenvalue weighted by Gasteiger charge is 2.37. The fourth-order valence-corrected chi connectivity index (χ4v) is 4.62. The molecule has 0 heterocycles. The van der Waals surface area contributed by atoms with Crippen LogP contribution in [-0.2, 0) is 52.8 Å². The summed E-state index contributed by atoms with van der Waals surface area (Å²) in [5.74, 6) is -3.14. The molecule has 2 atom stereocenters. The van der Waals surface area contributed by atoms with Gasteiger partial charge in [0.2, 0.25) is 11.8 Å². The first kappa shape index (κ1) is 32.8. The van der Waals surface area contributed by atoms with Crippen molar-refractivity contribution in [2.75, 3.05) is 13.2 Å². The van der Waals surface area contributed by atoms with Crippen LogP contribution in [0.15, 0.2) is 67.3 Å². The standard InChI is InChI=1S/C32H39N3O8/c1-5-15-41-27(37)19-33-30(39)28(24-16-22-13-9-10-14-23(22)17-24)35-29(38)25(18-26(36)43-32(2,3)4)34-31(40)42-20-21-11-7-6-8-12-21/h5-14,24-25,28H,1,15-20H2,2-4H3,(H,33,39)(H,34,40)(H,35,38)/t25-,28?/m0/s1. The average molecular weight is 594 g/mol. The van der Waals surface area contributed by atoms with E-state index in [0.29, 0.717) is 12.8 Å². The van der Waals surface area contributed by atoms with Gasteiger partial charge in [-0.1, -0.05) is 67.3 Å². The molecular formula is C32H39N3O8. The van der Waals surface area contributed by atoms with Crippen LogP contribution in [0.2, 0.25) is 0 Å². The number of benzene rings is 2. The maximum absolute atomic E-state index is 13.6. The highest BCUT2D eigenvalue weighted by atomic mass is 16.6. The van der Waals surface area contributed by atoms with Crippen LogP contribution >= 0.6 is 0 Å². The summed E-state index contributed by atoms with van der Waals surface area (Å²) in [6.45, 7) is 8.05. The number of fused-ring (bicyclic) bond motifs is 1. The number of hydrogen-bond donors (Lipinski definition) is 3. The maximum atomic E-state index is 13.6. The minimum Gasteiger partial charge on any atom is -0.460 e. The molecule has 3 rings (SSSR count). The molecule has 1 aliphatic carbocycles. The summed E-state index contributed by atoms with van der Waals surface area (Å²) in [4.78, 5) is 64.3. The second kappa shape index (κ2) is 15.5. The highest BCUT2D eigenvalue weighted by molar-refractivity contribution is 5.94. The Morgan fingerprint density at radius 2 is 1.51 bits per heavy atom. The van der Waals surface area contributed by atoms with E-state index >= 15 is 0 Å². The van der Waals surface area contributed by atoms with Gasteiger partial charge in [0, 0.05) is 0 Å². The monoisotopic (exact) mass is 593 g/mol. The summed E-state index contributed by atoms with van der Waals surface area (Å²) >= 11 is 0. The molecule has 2 aromatic rings. The van der Waals surface area contributed by atoms with Crippen LogP contribution in [0.4, 0.5) is 4.79 Å². The fourth-order valence-electron chi connectivity index (χ4n) is 4.62. The van der Waals surface area contributed by atoms with E-state index in [9.17, 15) is 24.0 Å². The molecule has 3 N–H and O–H groups in total. The van der Waals surface area contributed by atoms with Crippen LogP contribution in [0.5, 0.6) is 0 Å². The van der Waals surface area contributed by atoms with E-state index in [1.807, 2.05) is 30.3 Å². The summed E-state index contributed by atoms with van der Waals surface area (Å²) in [7, 11) is 0. The van der Waals surface area contributed by atoms with Crippen molar-refractivity contribution in [2.45, 2.75) is 64.3 Å². The van der Waals surface area contributed by atoms with E-state index in [0.717, 1.165) is 16.7 Å². The lowest BCUT2D eigenvalue weighted by atomic mass is 9.95. The van der Waals surface area contributed by atoms with Crippen molar-refractivity contribution in [3.05, 3.63) is 83.9 Å². The van der Waals surface area contributed by atoms with Gasteiger partial charge in [-0.05, 0) is 56.2 Å². The van der Waals surface area contributed by atoms with Crippen LogP contribution in [-0.4, -0.2) is 60.7 Å². The number of rotatable bonds is 13. The lowest BCUT2D eigenvalue weighted by molar-refractivity contribution is -0.156. The van der Waals surface area contributed by atoms with Crippen molar-refractivity contribution in [2.24, 2.45) is 5.92 Å². The Balaban J connectivity index is 1.76. The molecule has 0 bridgehead atoms. The summed E-state index contributed by atoms with van der Waals surface area (Å²) in [6, 6.07) is 14.2. The quantitative estimate of drug-likeness (QED) is 0.182. The highest BCUT2D eigenvalue weighted by Crippen LogP contribution is 2.29. The van der Waals surface area contributed by atoms with Gasteiger partial charge in [-0.3, -0.25) is 19.2 Å². The molecule has 0 spiro atoms. The van der Waals surface area contributed by atoms with E-state index in [4.69, 9.17) is 14.2 Å². The Hall–Kier alpha value is -4.67. The summed E-state index contributed by atoms with van der Waals surface area (Å²) in [5.41, 5.74) is 1.98. The van der Waals surface area contributed by atoms with Gasteiger partial charge >= 0.3 is 18.0 Å². The van der Waals surface area contributed by atoms with E-state index in [1.54, 1.807) is 45.0 Å². The molecular weight excluding hydrogens is 554 g/mol. The van der Waals surface area contributed by atoms with Gasteiger partial charge < -0.3 is 30.2 Å². The molecule has 0 fully saturated rings. The van der Waals surface area contributed by atoms with Crippen molar-refractivity contribution in [1.29, 1.82) is 0 Å². The molecule has 0 saturated heterocycles. The Kier molecular flexibility index (Phi) is 11.9. The van der Waals surface area contributed by atoms with Crippen molar-refractivity contribution >= 4 is 29.8 Å². The third kappa shape index (κ3) is 10.9. The van der Waals surface area contributed by atoms with Crippen molar-refractivity contribution in [3.63, 3.8) is 0 Å². The first-order chi connectivity index (χ1) is 20.4. The first-order valence-electron chi connectivity index (χ1n) is 14.1. The third-order valence-corrected chi connectivity index (χ3v) is 6.52. The number of hydrogen-bond acceptors (Lipinski definition) is 8. The number of esters is 2. The van der Waals surface area contributed by atoms with Crippen molar-refractivity contribution in [1.82, 2.24) is 16.0 Å². The first-order valence-corrected chi connectivity index (χ1v) is 14.1. The smallest absolute Gasteiger partial charge is 0.408 e. The zero-order valence-electron chi connectivity index (χ0n) is 24.7. The normalized spacial score (nSPS) is 13.9. The van der Waals surface area contributed by atoms with Crippen LogP contribution in [0.3, 0.4) is 0 Å². The second-order valence-corrected chi connectivity index (χ2v) is 11.2. The van der Waals surface area contributed by atoms with Gasteiger partial charge in [0.15, 0.2) is 0 Å². The summed E-state index contributed by atoms with van der Waals surface area (Å²) in [6.07, 6.45) is 0.974. The minimum absolute atomic E-state index is 0.00874. The topological polar surface area (TPSA) is 149 Å². The van der Waals surface area contributed by atoms with Crippen LogP contribution in [0.1, 0.15) is 43.9 Å². The molecule has 0 radical (unpaired) electrons. The summed E-state index contributed by atoms with van der Waals surface area (Å²) in [5, 5.41) is 7.67. The zero-order valence-corrected chi connectivity index (χ0v) is 24.7. The molecule has 0 saturated carbocycles. The predicted octanol–water partition coefficient (Wildman–Crippen LogP) is 2.76. The van der Waals surface area contributed by atoms with E-state index in [-0.39, 0.29) is 19.1 Å². The Bertz CT molecular complexity index is 1280. The molecule has 43 heavy (non-hydrogen) atoms. The molecule has 1 unspecified atom stereocenters. The molecule has 3 amide bonds. The van der Waals surface area contributed by atoms with Crippen LogP contribution in [0, 0.1) is 5.92 Å². The predicted molar refractivity (Wildman–Crippen MR) is 157 cm³/mol. The number of amides is 3. The fraction of sp³-hybridized carbons (Fsp3) is 0.406. The van der Waals surface area contributed by atoms with Gasteiger partial charge in [-0.15, -0.1) is 0 Å². The van der Waals surface area contributed by atoms with Gasteiger partial charge in [0.1, 0.15) is 37.4 Å². The molecule has 2 aromatic carbocycles. The molecule has 0 aromatic heterocycles. The lowest BCUT2D eigenvalue weighted by Gasteiger charge is -2.27. The number of carbonyl (C=O) groups excluding carboxylic acids is 5. The summed E-state index contributed by atoms with van der Waals surface area (Å²) < 4.78 is 15.6. The lowest BCUT2D eigenvalue weighted by Crippen LogP contribution is -2.57.